The van der Waals surface area contributed by atoms with Crippen molar-refractivity contribution in [2.75, 3.05) is 0 Å². The van der Waals surface area contributed by atoms with E-state index in [1.807, 2.05) is 19.1 Å². The first-order valence-corrected chi connectivity index (χ1v) is 6.12. The fourth-order valence-electron chi connectivity index (χ4n) is 2.15. The molecule has 90 valence electrons. The van der Waals surface area contributed by atoms with Crippen LogP contribution in [0.2, 0.25) is 0 Å². The highest BCUT2D eigenvalue weighted by Crippen LogP contribution is 2.35. The minimum atomic E-state index is 0.473. The van der Waals surface area contributed by atoms with E-state index in [4.69, 9.17) is 9.78 Å². The first kappa shape index (κ1) is 11.0. The highest BCUT2D eigenvalue weighted by molar-refractivity contribution is 5.60. The van der Waals surface area contributed by atoms with E-state index in [1.165, 1.54) is 6.42 Å². The van der Waals surface area contributed by atoms with E-state index in [2.05, 4.69) is 16.2 Å². The molecule has 1 fully saturated rings. The molecule has 1 aliphatic rings. The molecule has 0 aliphatic heterocycles. The van der Waals surface area contributed by atoms with Crippen LogP contribution in [-0.2, 0) is 0 Å². The second-order valence-electron chi connectivity index (χ2n) is 4.73. The largest absolute Gasteiger partial charge is 0.334 e. The van der Waals surface area contributed by atoms with Crippen LogP contribution in [0, 0.1) is 18.3 Å². The van der Waals surface area contributed by atoms with E-state index in [0.717, 1.165) is 29.8 Å². The molecule has 0 amide bonds. The van der Waals surface area contributed by atoms with Gasteiger partial charge in [-0.2, -0.15) is 10.2 Å². The highest BCUT2D eigenvalue weighted by atomic mass is 16.5. The second kappa shape index (κ2) is 4.26. The third-order valence-electron chi connectivity index (χ3n) is 3.50. The monoisotopic (exact) mass is 239 g/mol. The average molecular weight is 239 g/mol. The Kier molecular flexibility index (Phi) is 2.60. The molecule has 1 aromatic carbocycles. The summed E-state index contributed by atoms with van der Waals surface area (Å²) in [6.45, 7) is 1.95. The Labute approximate surface area is 105 Å². The molecule has 18 heavy (non-hydrogen) atoms. The number of nitrogens with zero attached hydrogens (tertiary/aromatic N) is 3. The minimum Gasteiger partial charge on any atom is -0.334 e. The maximum atomic E-state index is 8.84. The Morgan fingerprint density at radius 1 is 1.39 bits per heavy atom. The van der Waals surface area contributed by atoms with Gasteiger partial charge in [0, 0.05) is 11.5 Å². The van der Waals surface area contributed by atoms with E-state index in [-0.39, 0.29) is 0 Å². The van der Waals surface area contributed by atoms with Crippen molar-refractivity contribution in [3.05, 3.63) is 35.2 Å². The van der Waals surface area contributed by atoms with Crippen LogP contribution in [0.3, 0.4) is 0 Å². The van der Waals surface area contributed by atoms with Crippen molar-refractivity contribution in [2.45, 2.75) is 32.1 Å². The molecule has 0 atom stereocenters. The fourth-order valence-corrected chi connectivity index (χ4v) is 2.15. The molecule has 1 aliphatic carbocycles. The maximum absolute atomic E-state index is 8.84. The molecular formula is C14H13N3O. The predicted octanol–water partition coefficient (Wildman–Crippen LogP) is 3.18. The van der Waals surface area contributed by atoms with Crippen molar-refractivity contribution in [2.24, 2.45) is 0 Å². The van der Waals surface area contributed by atoms with Crippen molar-refractivity contribution in [3.63, 3.8) is 0 Å². The number of benzene rings is 1. The molecule has 0 unspecified atom stereocenters. The fraction of sp³-hybridized carbons (Fsp3) is 0.357. The van der Waals surface area contributed by atoms with Gasteiger partial charge in [-0.25, -0.2) is 0 Å². The molecular weight excluding hydrogens is 226 g/mol. The van der Waals surface area contributed by atoms with Crippen LogP contribution >= 0.6 is 0 Å². The Hall–Kier alpha value is -2.15. The summed E-state index contributed by atoms with van der Waals surface area (Å²) in [7, 11) is 0. The van der Waals surface area contributed by atoms with Gasteiger partial charge in [0.05, 0.1) is 11.6 Å². The summed E-state index contributed by atoms with van der Waals surface area (Å²) in [5.41, 5.74) is 2.54. The molecule has 0 saturated heterocycles. The third-order valence-corrected chi connectivity index (χ3v) is 3.50. The SMILES string of the molecule is Cc1cc(C#N)ccc1-c1nc(C2CCC2)no1. The van der Waals surface area contributed by atoms with Crippen LogP contribution in [0.4, 0.5) is 0 Å². The summed E-state index contributed by atoms with van der Waals surface area (Å²) in [5, 5.41) is 12.9. The summed E-state index contributed by atoms with van der Waals surface area (Å²) in [6.07, 6.45) is 3.57. The lowest BCUT2D eigenvalue weighted by atomic mass is 9.85. The average Bonchev–Trinajstić information content (AvgIpc) is 2.75. The van der Waals surface area contributed by atoms with Crippen LogP contribution in [-0.4, -0.2) is 10.1 Å². The zero-order valence-corrected chi connectivity index (χ0v) is 10.2. The zero-order valence-electron chi connectivity index (χ0n) is 10.2. The summed E-state index contributed by atoms with van der Waals surface area (Å²) in [5.74, 6) is 1.85. The van der Waals surface area contributed by atoms with Crippen LogP contribution in [0.25, 0.3) is 11.5 Å². The lowest BCUT2D eigenvalue weighted by Gasteiger charge is -2.20. The number of rotatable bonds is 2. The van der Waals surface area contributed by atoms with E-state index >= 15 is 0 Å². The van der Waals surface area contributed by atoms with Gasteiger partial charge in [0.15, 0.2) is 5.82 Å². The van der Waals surface area contributed by atoms with Gasteiger partial charge >= 0.3 is 0 Å². The topological polar surface area (TPSA) is 62.7 Å². The van der Waals surface area contributed by atoms with Crippen molar-refractivity contribution in [1.29, 1.82) is 5.26 Å². The van der Waals surface area contributed by atoms with Gasteiger partial charge in [-0.15, -0.1) is 0 Å². The minimum absolute atomic E-state index is 0.473. The standard InChI is InChI=1S/C14H13N3O/c1-9-7-10(8-15)5-6-12(9)14-16-13(17-18-14)11-3-2-4-11/h5-7,11H,2-4H2,1H3. The zero-order chi connectivity index (χ0) is 12.5. The van der Waals surface area contributed by atoms with Crippen LogP contribution < -0.4 is 0 Å². The Bertz CT molecular complexity index is 620. The molecule has 0 spiro atoms. The molecule has 1 aromatic heterocycles. The van der Waals surface area contributed by atoms with Gasteiger partial charge in [0.2, 0.25) is 0 Å². The summed E-state index contributed by atoms with van der Waals surface area (Å²) < 4.78 is 5.32. The molecule has 2 aromatic rings. The van der Waals surface area contributed by atoms with Crippen molar-refractivity contribution < 1.29 is 4.52 Å². The Morgan fingerprint density at radius 2 is 2.22 bits per heavy atom. The van der Waals surface area contributed by atoms with Crippen molar-refractivity contribution in [3.8, 4) is 17.5 Å². The third kappa shape index (κ3) is 1.78. The maximum Gasteiger partial charge on any atom is 0.258 e. The van der Waals surface area contributed by atoms with Gasteiger partial charge in [-0.1, -0.05) is 11.6 Å². The molecule has 4 heteroatoms. The molecule has 0 radical (unpaired) electrons. The molecule has 1 saturated carbocycles. The number of hydrogen-bond acceptors (Lipinski definition) is 4. The molecule has 0 N–H and O–H groups in total. The molecule has 4 nitrogen and oxygen atoms in total. The van der Waals surface area contributed by atoms with Crippen LogP contribution in [0.1, 0.15) is 42.1 Å². The number of nitriles is 1. The van der Waals surface area contributed by atoms with Crippen molar-refractivity contribution >= 4 is 0 Å². The number of aryl methyl sites for hydroxylation is 1. The van der Waals surface area contributed by atoms with Crippen molar-refractivity contribution in [1.82, 2.24) is 10.1 Å². The molecule has 3 rings (SSSR count). The number of aromatic nitrogens is 2. The second-order valence-corrected chi connectivity index (χ2v) is 4.73. The predicted molar refractivity (Wildman–Crippen MR) is 65.8 cm³/mol. The quantitative estimate of drug-likeness (QED) is 0.807. The first-order valence-electron chi connectivity index (χ1n) is 6.12. The lowest BCUT2D eigenvalue weighted by Crippen LogP contribution is -2.10. The summed E-state index contributed by atoms with van der Waals surface area (Å²) in [4.78, 5) is 4.46. The Morgan fingerprint density at radius 3 is 2.83 bits per heavy atom. The highest BCUT2D eigenvalue weighted by Gasteiger charge is 2.25. The summed E-state index contributed by atoms with van der Waals surface area (Å²) >= 11 is 0. The lowest BCUT2D eigenvalue weighted by molar-refractivity contribution is 0.366. The van der Waals surface area contributed by atoms with Crippen LogP contribution in [0.5, 0.6) is 0 Å². The van der Waals surface area contributed by atoms with Gasteiger partial charge in [0.25, 0.3) is 5.89 Å². The van der Waals surface area contributed by atoms with Crippen LogP contribution in [0.15, 0.2) is 22.7 Å². The molecule has 0 bridgehead atoms. The summed E-state index contributed by atoms with van der Waals surface area (Å²) in [6, 6.07) is 7.60. The van der Waals surface area contributed by atoms with Gasteiger partial charge in [-0.3, -0.25) is 0 Å². The van der Waals surface area contributed by atoms with E-state index in [1.54, 1.807) is 6.07 Å². The van der Waals surface area contributed by atoms with E-state index in [9.17, 15) is 0 Å². The first-order chi connectivity index (χ1) is 8.78. The number of hydrogen-bond donors (Lipinski definition) is 0. The van der Waals surface area contributed by atoms with Gasteiger partial charge < -0.3 is 4.52 Å². The normalized spacial score (nSPS) is 15.1. The van der Waals surface area contributed by atoms with E-state index in [0.29, 0.717) is 17.4 Å². The van der Waals surface area contributed by atoms with Gasteiger partial charge in [0.1, 0.15) is 0 Å². The van der Waals surface area contributed by atoms with E-state index < -0.39 is 0 Å². The molecule has 1 heterocycles. The Balaban J connectivity index is 1.94. The van der Waals surface area contributed by atoms with Gasteiger partial charge in [-0.05, 0) is 43.5 Å². The smallest absolute Gasteiger partial charge is 0.258 e.